The van der Waals surface area contributed by atoms with Crippen molar-refractivity contribution >= 4 is 42.6 Å². The minimum Gasteiger partial charge on any atom is -0.436 e. The number of hydrogen-bond acceptors (Lipinski definition) is 11. The molecular formula is C27H35F2N6O6P. The molecule has 42 heavy (non-hydrogen) atoms. The highest BCUT2D eigenvalue weighted by molar-refractivity contribution is 7.45. The number of halogens is 2. The molecule has 2 aromatic heterocycles. The normalized spacial score (nSPS) is 18.7. The summed E-state index contributed by atoms with van der Waals surface area (Å²) >= 11 is 0. The number of hydrogen-bond donors (Lipinski definition) is 3. The zero-order valence-corrected chi connectivity index (χ0v) is 24.4. The number of methoxy groups -OCH3 is 1. The van der Waals surface area contributed by atoms with Gasteiger partial charge in [0.15, 0.2) is 11.5 Å². The summed E-state index contributed by atoms with van der Waals surface area (Å²) in [6.07, 6.45) is 2.50. The lowest BCUT2D eigenvalue weighted by Crippen LogP contribution is -2.27. The number of rotatable bonds is 10. The molecule has 4 aromatic rings. The van der Waals surface area contributed by atoms with E-state index in [2.05, 4.69) is 20.0 Å². The molecule has 1 aliphatic rings. The molecule has 0 spiro atoms. The number of benzene rings is 2. The average Bonchev–Trinajstić information content (AvgIpc) is 3.59. The fourth-order valence-corrected chi connectivity index (χ4v) is 4.81. The summed E-state index contributed by atoms with van der Waals surface area (Å²) < 4.78 is 43.6. The van der Waals surface area contributed by atoms with Crippen LogP contribution >= 0.6 is 8.53 Å². The summed E-state index contributed by atoms with van der Waals surface area (Å²) in [5.74, 6) is 0.885. The lowest BCUT2D eigenvalue weighted by molar-refractivity contribution is -0.107. The average molecular weight is 609 g/mol. The van der Waals surface area contributed by atoms with E-state index >= 15 is 0 Å². The summed E-state index contributed by atoms with van der Waals surface area (Å²) in [6, 6.07) is 13.6. The van der Waals surface area contributed by atoms with Crippen LogP contribution in [0, 0.1) is 0 Å². The van der Waals surface area contributed by atoms with Gasteiger partial charge in [-0.2, -0.15) is 0 Å². The smallest absolute Gasteiger partial charge is 0.318 e. The van der Waals surface area contributed by atoms with Crippen molar-refractivity contribution in [2.24, 2.45) is 0 Å². The van der Waals surface area contributed by atoms with Crippen LogP contribution in [0.5, 0.6) is 5.75 Å². The van der Waals surface area contributed by atoms with E-state index in [0.717, 1.165) is 17.1 Å². The first-order valence-corrected chi connectivity index (χ1v) is 14.2. The van der Waals surface area contributed by atoms with Gasteiger partial charge >= 0.3 is 8.53 Å². The number of aldehydes is 1. The van der Waals surface area contributed by atoms with Gasteiger partial charge in [0.2, 0.25) is 6.93 Å². The van der Waals surface area contributed by atoms with E-state index in [-0.39, 0.29) is 19.0 Å². The minimum atomic E-state index is -1.75. The predicted octanol–water partition coefficient (Wildman–Crippen LogP) is 4.25. The third-order valence-electron chi connectivity index (χ3n) is 5.94. The Bertz CT molecular complexity index is 1400. The fraction of sp³-hybridized carbons (Fsp3) is 0.407. The zero-order chi connectivity index (χ0) is 30.5. The van der Waals surface area contributed by atoms with Crippen LogP contribution < -0.4 is 15.3 Å². The molecule has 0 bridgehead atoms. The topological polar surface area (TPSA) is 156 Å². The highest BCUT2D eigenvalue weighted by Crippen LogP contribution is 2.38. The predicted molar refractivity (Wildman–Crippen MR) is 155 cm³/mol. The number of aliphatic hydroxyl groups is 1. The van der Waals surface area contributed by atoms with Gasteiger partial charge in [-0.05, 0) is 36.8 Å². The quantitative estimate of drug-likeness (QED) is 0.175. The number of nitrogens with two attached hydrogens (primary N) is 1. The number of imidazole rings is 1. The molecule has 1 fully saturated rings. The molecule has 2 aromatic carbocycles. The molecule has 15 heteroatoms. The monoisotopic (exact) mass is 608 g/mol. The fourth-order valence-electron chi connectivity index (χ4n) is 3.79. The van der Waals surface area contributed by atoms with Crippen molar-refractivity contribution in [3.05, 3.63) is 55.1 Å². The summed E-state index contributed by atoms with van der Waals surface area (Å²) in [4.78, 5) is 23.3. The number of aromatic nitrogens is 4. The van der Waals surface area contributed by atoms with E-state index in [1.54, 1.807) is 18.0 Å². The standard InChI is InChI=1S/C22H23N6O5P.C4H10O.CH2F2/c23-21-20-22(25-12-24-21)28(13-26-20)19-10-17(30)18(32-19)11-31-34(27-7-8-29)33-16-6-5-14-3-1-2-4-15(14)9-16;1-4(2)5-3;2-1-3/h1-6,8-9,12-13,17-19,27,30H,7,10-11H2,(H2,23,24,25);4H,1-3H3;1H2. The first-order valence-electron chi connectivity index (χ1n) is 13.0. The van der Waals surface area contributed by atoms with Crippen LogP contribution in [0.2, 0.25) is 0 Å². The number of carbonyl (C=O) groups excluding carboxylic acids is 1. The van der Waals surface area contributed by atoms with Crippen molar-refractivity contribution in [3.8, 4) is 5.75 Å². The van der Waals surface area contributed by atoms with E-state index in [1.807, 2.05) is 56.3 Å². The Morgan fingerprint density at radius 2 is 1.93 bits per heavy atom. The SMILES string of the molecule is COC(C)C.FCF.Nc1ncnc2c1ncn2C1CC(O)C(COP(NCC=O)Oc2ccc3ccccc3c2)O1. The second kappa shape index (κ2) is 16.9. The Kier molecular flexibility index (Phi) is 13.3. The molecule has 228 valence electrons. The molecule has 0 radical (unpaired) electrons. The third-order valence-corrected chi connectivity index (χ3v) is 7.14. The van der Waals surface area contributed by atoms with Crippen molar-refractivity contribution in [1.82, 2.24) is 24.6 Å². The maximum absolute atomic E-state index is 10.9. The molecule has 3 heterocycles. The second-order valence-electron chi connectivity index (χ2n) is 9.08. The molecule has 5 rings (SSSR count). The molecule has 0 saturated carbocycles. The Hall–Kier alpha value is -3.39. The van der Waals surface area contributed by atoms with Crippen LogP contribution in [-0.4, -0.2) is 76.4 Å². The Morgan fingerprint density at radius 3 is 2.62 bits per heavy atom. The number of anilines is 1. The van der Waals surface area contributed by atoms with Crippen molar-refractivity contribution in [1.29, 1.82) is 0 Å². The molecule has 1 saturated heterocycles. The molecular weight excluding hydrogens is 573 g/mol. The van der Waals surface area contributed by atoms with Crippen molar-refractivity contribution < 1.29 is 37.2 Å². The number of nitrogens with zero attached hydrogens (tertiary/aromatic N) is 4. The molecule has 0 aliphatic carbocycles. The molecule has 1 aliphatic heterocycles. The number of nitrogens with one attached hydrogen (secondary N) is 1. The maximum Gasteiger partial charge on any atom is 0.318 e. The van der Waals surface area contributed by atoms with Gasteiger partial charge < -0.3 is 34.2 Å². The highest BCUT2D eigenvalue weighted by atomic mass is 31.2. The van der Waals surface area contributed by atoms with Gasteiger partial charge in [0.05, 0.1) is 31.7 Å². The lowest BCUT2D eigenvalue weighted by Gasteiger charge is -2.21. The van der Waals surface area contributed by atoms with Gasteiger partial charge in [0.25, 0.3) is 0 Å². The first kappa shape index (κ1) is 33.1. The molecule has 12 nitrogen and oxygen atoms in total. The largest absolute Gasteiger partial charge is 0.436 e. The first-order chi connectivity index (χ1) is 20.3. The molecule has 4 unspecified atom stereocenters. The number of alkyl halides is 2. The third kappa shape index (κ3) is 9.31. The summed E-state index contributed by atoms with van der Waals surface area (Å²) in [7, 11) is 0.0451. The summed E-state index contributed by atoms with van der Waals surface area (Å²) in [5.41, 5.74) is 6.86. The van der Waals surface area contributed by atoms with Crippen molar-refractivity contribution in [2.75, 3.05) is 32.9 Å². The van der Waals surface area contributed by atoms with Crippen LogP contribution in [0.1, 0.15) is 26.5 Å². The van der Waals surface area contributed by atoms with Crippen LogP contribution in [0.3, 0.4) is 0 Å². The number of ether oxygens (including phenoxy) is 2. The van der Waals surface area contributed by atoms with Gasteiger partial charge in [-0.15, -0.1) is 0 Å². The zero-order valence-electron chi connectivity index (χ0n) is 23.5. The van der Waals surface area contributed by atoms with Gasteiger partial charge in [-0.3, -0.25) is 4.57 Å². The highest BCUT2D eigenvalue weighted by Gasteiger charge is 2.37. The Balaban J connectivity index is 0.000000540. The minimum absolute atomic E-state index is 0.0621. The van der Waals surface area contributed by atoms with Crippen LogP contribution in [-0.2, 0) is 18.8 Å². The number of fused-ring (bicyclic) bond motifs is 2. The summed E-state index contributed by atoms with van der Waals surface area (Å²) in [6.45, 7) is 2.38. The van der Waals surface area contributed by atoms with Crippen molar-refractivity contribution in [3.63, 3.8) is 0 Å². The van der Waals surface area contributed by atoms with Gasteiger partial charge in [-0.25, -0.2) is 28.8 Å². The van der Waals surface area contributed by atoms with E-state index in [1.165, 1.54) is 6.33 Å². The maximum atomic E-state index is 10.9. The second-order valence-corrected chi connectivity index (χ2v) is 10.4. The van der Waals surface area contributed by atoms with Crippen molar-refractivity contribution in [2.45, 2.75) is 44.8 Å². The molecule has 4 atom stereocenters. The van der Waals surface area contributed by atoms with E-state index in [0.29, 0.717) is 29.4 Å². The van der Waals surface area contributed by atoms with Crippen LogP contribution in [0.4, 0.5) is 14.6 Å². The van der Waals surface area contributed by atoms with Gasteiger partial charge in [0, 0.05) is 13.5 Å². The summed E-state index contributed by atoms with van der Waals surface area (Å²) in [5, 5.41) is 15.6. The van der Waals surface area contributed by atoms with E-state index in [9.17, 15) is 18.7 Å². The molecule has 4 N–H and O–H groups in total. The van der Waals surface area contributed by atoms with E-state index < -0.39 is 33.9 Å². The lowest BCUT2D eigenvalue weighted by atomic mass is 10.1. The number of nitrogen functional groups attached to an aromatic ring is 1. The van der Waals surface area contributed by atoms with Gasteiger partial charge in [0.1, 0.15) is 36.2 Å². The number of aliphatic hydroxyl groups excluding tert-OH is 1. The van der Waals surface area contributed by atoms with Crippen LogP contribution in [0.15, 0.2) is 55.1 Å². The Morgan fingerprint density at radius 1 is 1.21 bits per heavy atom. The Labute approximate surface area is 243 Å². The van der Waals surface area contributed by atoms with Crippen LogP contribution in [0.25, 0.3) is 21.9 Å². The number of carbonyl (C=O) groups is 1. The van der Waals surface area contributed by atoms with Gasteiger partial charge in [-0.1, -0.05) is 30.3 Å². The molecule has 0 amide bonds. The van der Waals surface area contributed by atoms with E-state index in [4.69, 9.17) is 24.3 Å².